The summed E-state index contributed by atoms with van der Waals surface area (Å²) in [6.45, 7) is -0.703. The molecule has 0 fully saturated rings. The van der Waals surface area contributed by atoms with Gasteiger partial charge in [0.1, 0.15) is 22.9 Å². The lowest BCUT2D eigenvalue weighted by Gasteiger charge is -2.13. The maximum absolute atomic E-state index is 14.1. The number of rotatable bonds is 5. The van der Waals surface area contributed by atoms with Crippen molar-refractivity contribution in [1.82, 2.24) is 9.13 Å². The second-order valence-electron chi connectivity index (χ2n) is 6.51. The molecule has 0 saturated heterocycles. The first kappa shape index (κ1) is 19.7. The van der Waals surface area contributed by atoms with Gasteiger partial charge in [-0.1, -0.05) is 30.3 Å². The molecule has 2 aromatic heterocycles. The molecule has 0 spiro atoms. The van der Waals surface area contributed by atoms with E-state index in [2.05, 4.69) is 5.32 Å². The lowest BCUT2D eigenvalue weighted by molar-refractivity contribution is -0.116. The summed E-state index contributed by atoms with van der Waals surface area (Å²) in [5.74, 6) is -1.78. The highest BCUT2D eigenvalue weighted by atomic mass is 32.1. The van der Waals surface area contributed by atoms with Gasteiger partial charge in [-0.05, 0) is 29.6 Å². The van der Waals surface area contributed by atoms with Crippen molar-refractivity contribution in [2.75, 3.05) is 5.32 Å². The number of para-hydroxylation sites is 1. The molecule has 0 aliphatic heterocycles. The largest absolute Gasteiger partial charge is 0.332 e. The van der Waals surface area contributed by atoms with Gasteiger partial charge in [0, 0.05) is 5.56 Å². The second-order valence-corrected chi connectivity index (χ2v) is 7.43. The Morgan fingerprint density at radius 1 is 0.933 bits per heavy atom. The number of anilines is 1. The Kier molecular flexibility index (Phi) is 5.28. The SMILES string of the molecule is O=C(Cn1c(=O)n(Cc2ccccc2F)c(=O)c2sccc21)Nc1ccccc1F. The standard InChI is InChI=1S/C21H15F2N3O3S/c22-14-6-2-1-5-13(14)11-26-20(28)19-17(9-10-30-19)25(21(26)29)12-18(27)24-16-8-4-3-7-15(16)23/h1-10H,11-12H2,(H,24,27). The molecule has 0 bridgehead atoms. The van der Waals surface area contributed by atoms with Gasteiger partial charge in [-0.25, -0.2) is 13.6 Å². The molecule has 0 aliphatic rings. The van der Waals surface area contributed by atoms with Crippen LogP contribution < -0.4 is 16.6 Å². The number of fused-ring (bicyclic) bond motifs is 1. The zero-order valence-corrected chi connectivity index (χ0v) is 16.3. The fraction of sp³-hybridized carbons (Fsp3) is 0.0952. The van der Waals surface area contributed by atoms with E-state index in [0.717, 1.165) is 20.5 Å². The number of aromatic nitrogens is 2. The predicted molar refractivity (Wildman–Crippen MR) is 111 cm³/mol. The van der Waals surface area contributed by atoms with Gasteiger partial charge in [0.05, 0.1) is 17.7 Å². The van der Waals surface area contributed by atoms with E-state index in [1.54, 1.807) is 23.6 Å². The molecule has 1 N–H and O–H groups in total. The molecule has 152 valence electrons. The van der Waals surface area contributed by atoms with Crippen LogP contribution in [0.5, 0.6) is 0 Å². The molecular weight excluding hydrogens is 412 g/mol. The highest BCUT2D eigenvalue weighted by Crippen LogP contribution is 2.17. The van der Waals surface area contributed by atoms with E-state index in [1.807, 2.05) is 0 Å². The molecule has 0 aliphatic carbocycles. The molecular formula is C21H15F2N3O3S. The first-order chi connectivity index (χ1) is 14.5. The number of nitrogens with zero attached hydrogens (tertiary/aromatic N) is 2. The highest BCUT2D eigenvalue weighted by molar-refractivity contribution is 7.17. The van der Waals surface area contributed by atoms with Crippen LogP contribution in [0.15, 0.2) is 69.6 Å². The van der Waals surface area contributed by atoms with E-state index in [0.29, 0.717) is 5.52 Å². The normalized spacial score (nSPS) is 11.0. The van der Waals surface area contributed by atoms with Gasteiger partial charge in [0.2, 0.25) is 5.91 Å². The third-order valence-electron chi connectivity index (χ3n) is 4.57. The number of hydrogen-bond donors (Lipinski definition) is 1. The zero-order valence-electron chi connectivity index (χ0n) is 15.5. The summed E-state index contributed by atoms with van der Waals surface area (Å²) in [4.78, 5) is 38.3. The molecule has 0 atom stereocenters. The summed E-state index contributed by atoms with van der Waals surface area (Å²) in [5.41, 5.74) is -0.855. The third kappa shape index (κ3) is 3.67. The molecule has 2 aromatic carbocycles. The van der Waals surface area contributed by atoms with Crippen LogP contribution >= 0.6 is 11.3 Å². The van der Waals surface area contributed by atoms with Crippen LogP contribution in [-0.4, -0.2) is 15.0 Å². The van der Waals surface area contributed by atoms with Crippen LogP contribution in [0.4, 0.5) is 14.5 Å². The molecule has 4 aromatic rings. The fourth-order valence-corrected chi connectivity index (χ4v) is 3.96. The lowest BCUT2D eigenvalue weighted by Crippen LogP contribution is -2.41. The van der Waals surface area contributed by atoms with Crippen molar-refractivity contribution in [3.63, 3.8) is 0 Å². The first-order valence-electron chi connectivity index (χ1n) is 8.94. The van der Waals surface area contributed by atoms with Crippen molar-refractivity contribution < 1.29 is 13.6 Å². The van der Waals surface area contributed by atoms with Crippen LogP contribution in [0.1, 0.15) is 5.56 Å². The van der Waals surface area contributed by atoms with Gasteiger partial charge in [-0.3, -0.25) is 18.7 Å². The van der Waals surface area contributed by atoms with Crippen molar-refractivity contribution in [2.24, 2.45) is 0 Å². The average molecular weight is 427 g/mol. The molecule has 9 heteroatoms. The molecule has 0 saturated carbocycles. The Balaban J connectivity index is 1.75. The summed E-state index contributed by atoms with van der Waals surface area (Å²) in [7, 11) is 0. The van der Waals surface area contributed by atoms with Gasteiger partial charge in [-0.15, -0.1) is 11.3 Å². The molecule has 6 nitrogen and oxygen atoms in total. The predicted octanol–water partition coefficient (Wildman–Crippen LogP) is 3.19. The van der Waals surface area contributed by atoms with Crippen LogP contribution in [0.2, 0.25) is 0 Å². The van der Waals surface area contributed by atoms with Gasteiger partial charge in [0.15, 0.2) is 0 Å². The Morgan fingerprint density at radius 3 is 2.37 bits per heavy atom. The number of hydrogen-bond acceptors (Lipinski definition) is 4. The molecule has 2 heterocycles. The number of carbonyl (C=O) groups is 1. The van der Waals surface area contributed by atoms with E-state index in [4.69, 9.17) is 0 Å². The van der Waals surface area contributed by atoms with Crippen LogP contribution in [0, 0.1) is 11.6 Å². The molecule has 4 rings (SSSR count). The summed E-state index contributed by atoms with van der Waals surface area (Å²) < 4.78 is 30.2. The monoisotopic (exact) mass is 427 g/mol. The summed E-state index contributed by atoms with van der Waals surface area (Å²) in [6.07, 6.45) is 0. The van der Waals surface area contributed by atoms with E-state index < -0.39 is 35.3 Å². The van der Waals surface area contributed by atoms with Crippen LogP contribution in [0.25, 0.3) is 10.2 Å². The van der Waals surface area contributed by atoms with Gasteiger partial charge >= 0.3 is 5.69 Å². The van der Waals surface area contributed by atoms with E-state index in [1.165, 1.54) is 36.4 Å². The average Bonchev–Trinajstić information content (AvgIpc) is 3.21. The Morgan fingerprint density at radius 2 is 1.63 bits per heavy atom. The van der Waals surface area contributed by atoms with E-state index >= 15 is 0 Å². The van der Waals surface area contributed by atoms with E-state index in [-0.39, 0.29) is 22.5 Å². The Bertz CT molecular complexity index is 1370. The second kappa shape index (κ2) is 8.03. The molecule has 0 unspecified atom stereocenters. The zero-order chi connectivity index (χ0) is 21.3. The topological polar surface area (TPSA) is 73.1 Å². The third-order valence-corrected chi connectivity index (χ3v) is 5.46. The maximum Gasteiger partial charge on any atom is 0.332 e. The molecule has 30 heavy (non-hydrogen) atoms. The summed E-state index contributed by atoms with van der Waals surface area (Å²) >= 11 is 1.12. The number of halogens is 2. The number of benzene rings is 2. The van der Waals surface area contributed by atoms with Gasteiger partial charge < -0.3 is 5.32 Å². The smallest absolute Gasteiger partial charge is 0.322 e. The lowest BCUT2D eigenvalue weighted by atomic mass is 10.2. The fourth-order valence-electron chi connectivity index (χ4n) is 3.12. The van der Waals surface area contributed by atoms with Crippen molar-refractivity contribution in [1.29, 1.82) is 0 Å². The molecule has 1 amide bonds. The Hall–Kier alpha value is -3.59. The minimum absolute atomic E-state index is 0.0169. The highest BCUT2D eigenvalue weighted by Gasteiger charge is 2.18. The minimum atomic E-state index is -0.752. The Labute approximate surface area is 172 Å². The summed E-state index contributed by atoms with van der Waals surface area (Å²) in [6, 6.07) is 13.1. The van der Waals surface area contributed by atoms with Gasteiger partial charge in [-0.2, -0.15) is 0 Å². The van der Waals surface area contributed by atoms with Crippen LogP contribution in [0.3, 0.4) is 0 Å². The van der Waals surface area contributed by atoms with Crippen LogP contribution in [-0.2, 0) is 17.9 Å². The maximum atomic E-state index is 14.1. The number of nitrogens with one attached hydrogen (secondary N) is 1. The quantitative estimate of drug-likeness (QED) is 0.532. The number of thiophene rings is 1. The van der Waals surface area contributed by atoms with Crippen molar-refractivity contribution >= 4 is 33.1 Å². The van der Waals surface area contributed by atoms with Crippen molar-refractivity contribution in [2.45, 2.75) is 13.1 Å². The summed E-state index contributed by atoms with van der Waals surface area (Å²) in [5, 5.41) is 4.05. The number of carbonyl (C=O) groups excluding carboxylic acids is 1. The van der Waals surface area contributed by atoms with Crippen molar-refractivity contribution in [3.05, 3.63) is 98.0 Å². The minimum Gasteiger partial charge on any atom is -0.322 e. The van der Waals surface area contributed by atoms with E-state index in [9.17, 15) is 23.2 Å². The van der Waals surface area contributed by atoms with Gasteiger partial charge in [0.25, 0.3) is 5.56 Å². The number of amides is 1. The van der Waals surface area contributed by atoms with Crippen molar-refractivity contribution in [3.8, 4) is 0 Å². The first-order valence-corrected chi connectivity index (χ1v) is 9.82. The molecule has 0 radical (unpaired) electrons.